The minimum Gasteiger partial charge on any atom is -0.469 e. The number of aromatic amines is 1. The molecule has 1 aromatic rings. The largest absolute Gasteiger partial charge is 0.469 e. The molecule has 13 heavy (non-hydrogen) atoms. The summed E-state index contributed by atoms with van der Waals surface area (Å²) in [5.41, 5.74) is 0.955. The van der Waals surface area contributed by atoms with Crippen molar-refractivity contribution < 1.29 is 4.74 Å². The van der Waals surface area contributed by atoms with E-state index in [0.29, 0.717) is 5.88 Å². The molecule has 2 aliphatic rings. The normalized spacial score (nSPS) is 22.2. The van der Waals surface area contributed by atoms with Crippen molar-refractivity contribution in [2.24, 2.45) is 0 Å². The standard InChI is InChI=1S/C9H10N2O2/c12-7-2-1-6-3-9(4-10-5-9)13-8(6)11-7/h1-2,10H,3-5H2,(H,11,12). The highest BCUT2D eigenvalue weighted by Crippen LogP contribution is 2.34. The van der Waals surface area contributed by atoms with E-state index in [1.165, 1.54) is 0 Å². The Morgan fingerprint density at radius 2 is 2.23 bits per heavy atom. The van der Waals surface area contributed by atoms with Gasteiger partial charge in [-0.1, -0.05) is 0 Å². The lowest BCUT2D eigenvalue weighted by atomic mass is 9.92. The van der Waals surface area contributed by atoms with Gasteiger partial charge in [0.2, 0.25) is 0 Å². The van der Waals surface area contributed by atoms with Crippen LogP contribution < -0.4 is 15.6 Å². The first-order valence-electron chi connectivity index (χ1n) is 4.39. The predicted molar refractivity (Wildman–Crippen MR) is 47.0 cm³/mol. The van der Waals surface area contributed by atoms with Gasteiger partial charge in [-0.25, -0.2) is 0 Å². The Kier molecular flexibility index (Phi) is 1.18. The number of aromatic nitrogens is 1. The Morgan fingerprint density at radius 1 is 1.38 bits per heavy atom. The lowest BCUT2D eigenvalue weighted by molar-refractivity contribution is 0.0350. The van der Waals surface area contributed by atoms with Gasteiger partial charge < -0.3 is 10.1 Å². The van der Waals surface area contributed by atoms with Crippen molar-refractivity contribution in [3.63, 3.8) is 0 Å². The number of pyridine rings is 1. The monoisotopic (exact) mass is 178 g/mol. The minimum absolute atomic E-state index is 0.0629. The molecule has 2 aliphatic heterocycles. The van der Waals surface area contributed by atoms with Gasteiger partial charge in [0.25, 0.3) is 5.56 Å². The van der Waals surface area contributed by atoms with Crippen LogP contribution in [0, 0.1) is 0 Å². The molecule has 0 bridgehead atoms. The van der Waals surface area contributed by atoms with Gasteiger partial charge in [-0.2, -0.15) is 0 Å². The summed E-state index contributed by atoms with van der Waals surface area (Å²) in [6.45, 7) is 1.76. The molecule has 4 heteroatoms. The molecule has 0 aliphatic carbocycles. The molecule has 0 atom stereocenters. The van der Waals surface area contributed by atoms with Crippen LogP contribution in [0.1, 0.15) is 5.56 Å². The first kappa shape index (κ1) is 7.15. The zero-order valence-electron chi connectivity index (χ0n) is 7.09. The number of H-pyrrole nitrogens is 1. The lowest BCUT2D eigenvalue weighted by Gasteiger charge is -2.37. The highest BCUT2D eigenvalue weighted by molar-refractivity contribution is 5.34. The molecular formula is C9H10N2O2. The Bertz CT molecular complexity index is 406. The number of hydrogen-bond acceptors (Lipinski definition) is 3. The quantitative estimate of drug-likeness (QED) is 0.571. The number of nitrogens with one attached hydrogen (secondary N) is 2. The molecule has 2 N–H and O–H groups in total. The summed E-state index contributed by atoms with van der Waals surface area (Å²) in [4.78, 5) is 13.7. The molecule has 4 nitrogen and oxygen atoms in total. The molecule has 1 saturated heterocycles. The van der Waals surface area contributed by atoms with E-state index in [4.69, 9.17) is 4.74 Å². The second-order valence-corrected chi connectivity index (χ2v) is 3.74. The third-order valence-electron chi connectivity index (χ3n) is 2.69. The van der Waals surface area contributed by atoms with Crippen LogP contribution in [-0.2, 0) is 6.42 Å². The smallest absolute Gasteiger partial charge is 0.250 e. The van der Waals surface area contributed by atoms with Crippen LogP contribution in [0.5, 0.6) is 5.88 Å². The first-order valence-corrected chi connectivity index (χ1v) is 4.39. The van der Waals surface area contributed by atoms with Crippen molar-refractivity contribution in [2.75, 3.05) is 13.1 Å². The Morgan fingerprint density at radius 3 is 2.92 bits per heavy atom. The molecule has 0 aromatic carbocycles. The number of hydrogen-bond donors (Lipinski definition) is 2. The number of rotatable bonds is 0. The Hall–Kier alpha value is -1.29. The Balaban J connectivity index is 2.04. The molecule has 1 fully saturated rings. The second-order valence-electron chi connectivity index (χ2n) is 3.74. The van der Waals surface area contributed by atoms with E-state index >= 15 is 0 Å². The van der Waals surface area contributed by atoms with Crippen LogP contribution in [0.25, 0.3) is 0 Å². The summed E-state index contributed by atoms with van der Waals surface area (Å²) in [6.07, 6.45) is 0.909. The van der Waals surface area contributed by atoms with Gasteiger partial charge in [-0.3, -0.25) is 9.78 Å². The molecule has 0 unspecified atom stereocenters. The van der Waals surface area contributed by atoms with Gasteiger partial charge in [0.1, 0.15) is 5.60 Å². The fraction of sp³-hybridized carbons (Fsp3) is 0.444. The van der Waals surface area contributed by atoms with Crippen LogP contribution in [0.15, 0.2) is 16.9 Å². The van der Waals surface area contributed by atoms with Crippen molar-refractivity contribution in [3.05, 3.63) is 28.0 Å². The molecule has 68 valence electrons. The third kappa shape index (κ3) is 0.920. The van der Waals surface area contributed by atoms with Crippen LogP contribution in [0.3, 0.4) is 0 Å². The average molecular weight is 178 g/mol. The maximum atomic E-state index is 11.0. The van der Waals surface area contributed by atoms with E-state index < -0.39 is 0 Å². The summed E-state index contributed by atoms with van der Waals surface area (Å²) >= 11 is 0. The lowest BCUT2D eigenvalue weighted by Crippen LogP contribution is -2.62. The van der Waals surface area contributed by atoms with Gasteiger partial charge in [0, 0.05) is 31.1 Å². The first-order chi connectivity index (χ1) is 6.27. The minimum atomic E-state index is -0.0944. The highest BCUT2D eigenvalue weighted by Gasteiger charge is 2.44. The summed E-state index contributed by atoms with van der Waals surface area (Å²) in [5, 5.41) is 3.18. The summed E-state index contributed by atoms with van der Waals surface area (Å²) in [6, 6.07) is 3.40. The van der Waals surface area contributed by atoms with Gasteiger partial charge in [0.15, 0.2) is 5.88 Å². The van der Waals surface area contributed by atoms with E-state index in [1.807, 2.05) is 6.07 Å². The molecule has 3 rings (SSSR count). The van der Waals surface area contributed by atoms with E-state index in [0.717, 1.165) is 25.1 Å². The van der Waals surface area contributed by atoms with Crippen LogP contribution in [0.4, 0.5) is 0 Å². The Labute approximate surface area is 74.9 Å². The molecule has 0 radical (unpaired) electrons. The molecule has 0 saturated carbocycles. The van der Waals surface area contributed by atoms with E-state index in [-0.39, 0.29) is 11.2 Å². The average Bonchev–Trinajstić information content (AvgIpc) is 2.41. The van der Waals surface area contributed by atoms with E-state index in [9.17, 15) is 4.79 Å². The molecular weight excluding hydrogens is 168 g/mol. The van der Waals surface area contributed by atoms with Crippen LogP contribution in [0.2, 0.25) is 0 Å². The SMILES string of the molecule is O=c1ccc2c([nH]1)OC1(CNC1)C2. The summed E-state index contributed by atoms with van der Waals surface area (Å²) in [7, 11) is 0. The second kappa shape index (κ2) is 2.14. The van der Waals surface area contributed by atoms with Gasteiger partial charge in [-0.05, 0) is 6.07 Å². The topological polar surface area (TPSA) is 54.1 Å². The molecule has 3 heterocycles. The highest BCUT2D eigenvalue weighted by atomic mass is 16.5. The van der Waals surface area contributed by atoms with Crippen LogP contribution in [-0.4, -0.2) is 23.7 Å². The maximum Gasteiger partial charge on any atom is 0.250 e. The summed E-state index contributed by atoms with van der Waals surface area (Å²) in [5.74, 6) is 0.661. The van der Waals surface area contributed by atoms with Crippen molar-refractivity contribution in [1.29, 1.82) is 0 Å². The number of ether oxygens (including phenoxy) is 1. The maximum absolute atomic E-state index is 11.0. The van der Waals surface area contributed by atoms with Crippen molar-refractivity contribution in [1.82, 2.24) is 10.3 Å². The van der Waals surface area contributed by atoms with Crippen LogP contribution >= 0.6 is 0 Å². The van der Waals surface area contributed by atoms with Crippen molar-refractivity contribution in [3.8, 4) is 5.88 Å². The van der Waals surface area contributed by atoms with Crippen molar-refractivity contribution >= 4 is 0 Å². The van der Waals surface area contributed by atoms with E-state index in [2.05, 4.69) is 10.3 Å². The molecule has 1 aromatic heterocycles. The summed E-state index contributed by atoms with van der Waals surface area (Å²) < 4.78 is 5.69. The molecule has 1 spiro atoms. The fourth-order valence-electron chi connectivity index (χ4n) is 1.92. The van der Waals surface area contributed by atoms with Gasteiger partial charge in [-0.15, -0.1) is 0 Å². The zero-order valence-corrected chi connectivity index (χ0v) is 7.09. The fourth-order valence-corrected chi connectivity index (χ4v) is 1.92. The van der Waals surface area contributed by atoms with E-state index in [1.54, 1.807) is 6.07 Å². The number of fused-ring (bicyclic) bond motifs is 1. The predicted octanol–water partition coefficient (Wildman–Crippen LogP) is -0.348. The van der Waals surface area contributed by atoms with Gasteiger partial charge in [0.05, 0.1) is 0 Å². The van der Waals surface area contributed by atoms with Gasteiger partial charge >= 0.3 is 0 Å². The van der Waals surface area contributed by atoms with Crippen molar-refractivity contribution in [2.45, 2.75) is 12.0 Å². The zero-order chi connectivity index (χ0) is 8.89. The molecule has 0 amide bonds. The third-order valence-corrected chi connectivity index (χ3v) is 2.69.